The lowest BCUT2D eigenvalue weighted by molar-refractivity contribution is 0.307. The minimum atomic E-state index is -0.213. The first-order valence-corrected chi connectivity index (χ1v) is 12.1. The number of ether oxygens (including phenoxy) is 2. The topological polar surface area (TPSA) is 18.5 Å². The van der Waals surface area contributed by atoms with Gasteiger partial charge >= 0.3 is 0 Å². The van der Waals surface area contributed by atoms with E-state index in [9.17, 15) is 4.39 Å². The van der Waals surface area contributed by atoms with Gasteiger partial charge in [-0.15, -0.1) is 13.2 Å². The maximum atomic E-state index is 14.9. The van der Waals surface area contributed by atoms with Gasteiger partial charge in [-0.2, -0.15) is 0 Å². The molecule has 0 aromatic heterocycles. The summed E-state index contributed by atoms with van der Waals surface area (Å²) in [5.74, 6) is 1.46. The van der Waals surface area contributed by atoms with Crippen molar-refractivity contribution >= 4 is 0 Å². The molecule has 0 atom stereocenters. The molecule has 3 aromatic carbocycles. The molecule has 0 radical (unpaired) electrons. The molecular weight excluding hydrogens is 423 g/mol. The Labute approximate surface area is 203 Å². The van der Waals surface area contributed by atoms with E-state index in [2.05, 4.69) is 13.2 Å². The van der Waals surface area contributed by atoms with E-state index in [1.807, 2.05) is 72.8 Å². The van der Waals surface area contributed by atoms with Crippen LogP contribution in [0.3, 0.4) is 0 Å². The summed E-state index contributed by atoms with van der Waals surface area (Å²) in [5, 5.41) is 0. The van der Waals surface area contributed by atoms with Crippen LogP contribution in [0.1, 0.15) is 49.7 Å². The molecule has 2 nitrogen and oxygen atoms in total. The van der Waals surface area contributed by atoms with Crippen LogP contribution in [0.15, 0.2) is 92.0 Å². The van der Waals surface area contributed by atoms with Crippen LogP contribution in [0.25, 0.3) is 11.1 Å². The van der Waals surface area contributed by atoms with E-state index >= 15 is 0 Å². The molecule has 0 bridgehead atoms. The van der Waals surface area contributed by atoms with E-state index in [1.54, 1.807) is 6.07 Å². The SMILES string of the molecule is C=CCCCCOc1ccc(Cc2ccc(-c3ccc(OCCCCC=C)cc3)c(F)c2)cc1. The van der Waals surface area contributed by atoms with Crippen LogP contribution >= 0.6 is 0 Å². The number of hydrogen-bond donors (Lipinski definition) is 0. The van der Waals surface area contributed by atoms with E-state index in [-0.39, 0.29) is 5.82 Å². The summed E-state index contributed by atoms with van der Waals surface area (Å²) >= 11 is 0. The van der Waals surface area contributed by atoms with E-state index in [1.165, 1.54) is 0 Å². The fourth-order valence-electron chi connectivity index (χ4n) is 3.73. The highest BCUT2D eigenvalue weighted by Gasteiger charge is 2.08. The summed E-state index contributed by atoms with van der Waals surface area (Å²) in [6.07, 6.45) is 10.8. The van der Waals surface area contributed by atoms with Crippen LogP contribution in [0.5, 0.6) is 11.5 Å². The molecule has 3 aromatic rings. The van der Waals surface area contributed by atoms with Gasteiger partial charge in [0.1, 0.15) is 17.3 Å². The highest BCUT2D eigenvalue weighted by Crippen LogP contribution is 2.27. The maximum absolute atomic E-state index is 14.9. The average molecular weight is 459 g/mol. The number of benzene rings is 3. The van der Waals surface area contributed by atoms with Gasteiger partial charge in [-0.3, -0.25) is 0 Å². The van der Waals surface area contributed by atoms with Gasteiger partial charge in [0.25, 0.3) is 0 Å². The second-order valence-electron chi connectivity index (χ2n) is 8.43. The number of halogens is 1. The number of unbranched alkanes of at least 4 members (excludes halogenated alkanes) is 4. The molecule has 34 heavy (non-hydrogen) atoms. The molecule has 3 heteroatoms. The van der Waals surface area contributed by atoms with Crippen LogP contribution < -0.4 is 9.47 Å². The van der Waals surface area contributed by atoms with Crippen molar-refractivity contribution in [1.82, 2.24) is 0 Å². The molecule has 0 heterocycles. The van der Waals surface area contributed by atoms with Crippen LogP contribution in [0.4, 0.5) is 4.39 Å². The van der Waals surface area contributed by atoms with Gasteiger partial charge in [-0.05, 0) is 92.0 Å². The molecule has 0 spiro atoms. The molecule has 0 fully saturated rings. The van der Waals surface area contributed by atoms with E-state index in [4.69, 9.17) is 9.47 Å². The molecule has 0 saturated heterocycles. The van der Waals surface area contributed by atoms with Crippen molar-refractivity contribution in [3.05, 3.63) is 109 Å². The first-order chi connectivity index (χ1) is 16.7. The Hall–Kier alpha value is -3.33. The molecular formula is C31H35FO2. The molecule has 0 aliphatic heterocycles. The van der Waals surface area contributed by atoms with Crippen molar-refractivity contribution in [3.8, 4) is 22.6 Å². The fraction of sp³-hybridized carbons (Fsp3) is 0.290. The Morgan fingerprint density at radius 1 is 0.647 bits per heavy atom. The predicted molar refractivity (Wildman–Crippen MR) is 140 cm³/mol. The van der Waals surface area contributed by atoms with Crippen LogP contribution in [-0.2, 0) is 6.42 Å². The van der Waals surface area contributed by atoms with Crippen LogP contribution in [0, 0.1) is 5.82 Å². The Kier molecular flexibility index (Phi) is 10.4. The summed E-state index contributed by atoms with van der Waals surface area (Å²) in [6.45, 7) is 8.85. The summed E-state index contributed by atoms with van der Waals surface area (Å²) < 4.78 is 26.4. The molecule has 3 rings (SSSR count). The Morgan fingerprint density at radius 2 is 1.18 bits per heavy atom. The van der Waals surface area contributed by atoms with Gasteiger partial charge < -0.3 is 9.47 Å². The third-order valence-electron chi connectivity index (χ3n) is 5.67. The second-order valence-corrected chi connectivity index (χ2v) is 8.43. The van der Waals surface area contributed by atoms with Gasteiger partial charge in [-0.1, -0.05) is 48.6 Å². The summed E-state index contributed by atoms with van der Waals surface area (Å²) in [4.78, 5) is 0. The average Bonchev–Trinajstić information content (AvgIpc) is 2.85. The van der Waals surface area contributed by atoms with E-state index in [0.29, 0.717) is 25.2 Å². The van der Waals surface area contributed by atoms with Crippen molar-refractivity contribution in [2.24, 2.45) is 0 Å². The van der Waals surface area contributed by atoms with E-state index in [0.717, 1.165) is 66.7 Å². The van der Waals surface area contributed by atoms with Gasteiger partial charge in [0.2, 0.25) is 0 Å². The monoisotopic (exact) mass is 458 g/mol. The Balaban J connectivity index is 1.52. The quantitative estimate of drug-likeness (QED) is 0.168. The summed E-state index contributed by atoms with van der Waals surface area (Å²) in [7, 11) is 0. The number of allylic oxidation sites excluding steroid dienone is 2. The van der Waals surface area contributed by atoms with Gasteiger partial charge in [-0.25, -0.2) is 4.39 Å². The minimum Gasteiger partial charge on any atom is -0.494 e. The predicted octanol–water partition coefficient (Wildman–Crippen LogP) is 8.55. The van der Waals surface area contributed by atoms with Gasteiger partial charge in [0.15, 0.2) is 0 Å². The summed E-state index contributed by atoms with van der Waals surface area (Å²) in [6, 6.07) is 21.2. The Morgan fingerprint density at radius 3 is 1.71 bits per heavy atom. The van der Waals surface area contributed by atoms with Gasteiger partial charge in [0.05, 0.1) is 13.2 Å². The molecule has 0 amide bonds. The minimum absolute atomic E-state index is 0.213. The molecule has 0 saturated carbocycles. The third-order valence-corrected chi connectivity index (χ3v) is 5.67. The highest BCUT2D eigenvalue weighted by molar-refractivity contribution is 5.65. The van der Waals surface area contributed by atoms with Crippen molar-refractivity contribution in [1.29, 1.82) is 0 Å². The standard InChI is InChI=1S/C31H35FO2/c1-3-5-7-9-21-33-28-16-11-25(12-17-28)23-26-13-20-30(31(32)24-26)27-14-18-29(19-15-27)34-22-10-8-6-4-2/h3-4,11-20,24H,1-2,5-10,21-23H2. The van der Waals surface area contributed by atoms with Crippen molar-refractivity contribution in [2.75, 3.05) is 13.2 Å². The normalized spacial score (nSPS) is 10.6. The first-order valence-electron chi connectivity index (χ1n) is 12.1. The lowest BCUT2D eigenvalue weighted by Crippen LogP contribution is -1.97. The zero-order chi connectivity index (χ0) is 24.0. The van der Waals surface area contributed by atoms with Crippen molar-refractivity contribution in [3.63, 3.8) is 0 Å². The second kappa shape index (κ2) is 14.0. The Bertz CT molecular complexity index is 1020. The van der Waals surface area contributed by atoms with Crippen LogP contribution in [0.2, 0.25) is 0 Å². The van der Waals surface area contributed by atoms with Gasteiger partial charge in [0, 0.05) is 5.56 Å². The number of hydrogen-bond acceptors (Lipinski definition) is 2. The lowest BCUT2D eigenvalue weighted by Gasteiger charge is -2.10. The van der Waals surface area contributed by atoms with Crippen molar-refractivity contribution < 1.29 is 13.9 Å². The first kappa shape index (κ1) is 25.3. The van der Waals surface area contributed by atoms with Crippen molar-refractivity contribution in [2.45, 2.75) is 44.9 Å². The largest absolute Gasteiger partial charge is 0.494 e. The molecule has 0 N–H and O–H groups in total. The molecule has 0 aliphatic carbocycles. The molecule has 178 valence electrons. The smallest absolute Gasteiger partial charge is 0.131 e. The van der Waals surface area contributed by atoms with Crippen LogP contribution in [-0.4, -0.2) is 13.2 Å². The molecule has 0 aliphatic rings. The lowest BCUT2D eigenvalue weighted by atomic mass is 9.99. The number of rotatable bonds is 15. The maximum Gasteiger partial charge on any atom is 0.131 e. The zero-order valence-corrected chi connectivity index (χ0v) is 20.0. The third kappa shape index (κ3) is 8.22. The highest BCUT2D eigenvalue weighted by atomic mass is 19.1. The zero-order valence-electron chi connectivity index (χ0n) is 20.0. The summed E-state index contributed by atoms with van der Waals surface area (Å²) in [5.41, 5.74) is 3.51. The van der Waals surface area contributed by atoms with E-state index < -0.39 is 0 Å². The molecule has 0 unspecified atom stereocenters. The fourth-order valence-corrected chi connectivity index (χ4v) is 3.73.